The Morgan fingerprint density at radius 3 is 2.55 bits per heavy atom. The van der Waals surface area contributed by atoms with Crippen LogP contribution < -0.4 is 10.5 Å². The van der Waals surface area contributed by atoms with Gasteiger partial charge in [-0.1, -0.05) is 0 Å². The van der Waals surface area contributed by atoms with Gasteiger partial charge in [0.15, 0.2) is 5.78 Å². The zero-order chi connectivity index (χ0) is 15.2. The van der Waals surface area contributed by atoms with E-state index in [0.29, 0.717) is 17.9 Å². The molecule has 1 aromatic carbocycles. The predicted octanol–water partition coefficient (Wildman–Crippen LogP) is 2.03. The molecular formula is C16H23ClN2O3. The van der Waals surface area contributed by atoms with Crippen molar-refractivity contribution in [3.05, 3.63) is 29.8 Å². The first-order valence-corrected chi connectivity index (χ1v) is 7.30. The lowest BCUT2D eigenvalue weighted by Gasteiger charge is -2.30. The summed E-state index contributed by atoms with van der Waals surface area (Å²) in [7, 11) is 1.58. The van der Waals surface area contributed by atoms with E-state index in [1.54, 1.807) is 36.3 Å². The van der Waals surface area contributed by atoms with Crippen LogP contribution in [0.3, 0.4) is 0 Å². The minimum absolute atomic E-state index is 0. The molecule has 22 heavy (non-hydrogen) atoms. The molecule has 2 N–H and O–H groups in total. The van der Waals surface area contributed by atoms with E-state index in [9.17, 15) is 9.59 Å². The van der Waals surface area contributed by atoms with Crippen molar-refractivity contribution in [3.63, 3.8) is 0 Å². The fourth-order valence-electron chi connectivity index (χ4n) is 2.54. The topological polar surface area (TPSA) is 72.6 Å². The van der Waals surface area contributed by atoms with Crippen LogP contribution in [0.1, 0.15) is 36.0 Å². The number of amides is 1. The first kappa shape index (κ1) is 18.5. The van der Waals surface area contributed by atoms with Gasteiger partial charge < -0.3 is 15.4 Å². The van der Waals surface area contributed by atoms with E-state index in [0.717, 1.165) is 19.4 Å². The highest BCUT2D eigenvalue weighted by Crippen LogP contribution is 2.15. The Labute approximate surface area is 137 Å². The van der Waals surface area contributed by atoms with Crippen molar-refractivity contribution in [2.24, 2.45) is 5.73 Å². The Balaban J connectivity index is 0.00000242. The molecule has 0 spiro atoms. The maximum Gasteiger partial charge on any atom is 0.223 e. The molecule has 1 atom stereocenters. The van der Waals surface area contributed by atoms with Crippen molar-refractivity contribution in [3.8, 4) is 5.75 Å². The number of hydrogen-bond donors (Lipinski definition) is 1. The normalized spacial score (nSPS) is 17.5. The molecule has 6 heteroatoms. The summed E-state index contributed by atoms with van der Waals surface area (Å²) in [6.07, 6.45) is 2.39. The Bertz CT molecular complexity index is 505. The minimum atomic E-state index is -0.0210. The van der Waals surface area contributed by atoms with Gasteiger partial charge >= 0.3 is 0 Å². The fourth-order valence-corrected chi connectivity index (χ4v) is 2.54. The third-order valence-electron chi connectivity index (χ3n) is 3.79. The molecule has 0 saturated carbocycles. The summed E-state index contributed by atoms with van der Waals surface area (Å²) >= 11 is 0. The monoisotopic (exact) mass is 326 g/mol. The number of rotatable bonds is 5. The summed E-state index contributed by atoms with van der Waals surface area (Å²) < 4.78 is 5.05. The summed E-state index contributed by atoms with van der Waals surface area (Å²) in [5.41, 5.74) is 6.47. The summed E-state index contributed by atoms with van der Waals surface area (Å²) in [5.74, 6) is 0.712. The van der Waals surface area contributed by atoms with E-state index in [2.05, 4.69) is 0 Å². The number of ether oxygens (including phenoxy) is 1. The zero-order valence-electron chi connectivity index (χ0n) is 12.8. The van der Waals surface area contributed by atoms with Gasteiger partial charge in [0.05, 0.1) is 7.11 Å². The number of ketones is 1. The lowest BCUT2D eigenvalue weighted by Crippen LogP contribution is -2.45. The molecule has 1 amide bonds. The average Bonchev–Trinajstić information content (AvgIpc) is 2.52. The van der Waals surface area contributed by atoms with E-state index in [-0.39, 0.29) is 43.0 Å². The highest BCUT2D eigenvalue weighted by Gasteiger charge is 2.21. The predicted molar refractivity (Wildman–Crippen MR) is 87.6 cm³/mol. The molecule has 0 bridgehead atoms. The SMILES string of the molecule is COc1ccc(C(=O)CCC(=O)N2CCCC(N)C2)cc1.Cl. The van der Waals surface area contributed by atoms with Gasteiger partial charge in [0.2, 0.25) is 5.91 Å². The molecule has 1 aromatic rings. The standard InChI is InChI=1S/C16H22N2O3.ClH/c1-21-14-6-4-12(5-7-14)15(19)8-9-16(20)18-10-2-3-13(17)11-18;/h4-7,13H,2-3,8-11,17H2,1H3;1H. The molecule has 1 saturated heterocycles. The van der Waals surface area contributed by atoms with Gasteiger partial charge in [0.1, 0.15) is 5.75 Å². The highest BCUT2D eigenvalue weighted by atomic mass is 35.5. The summed E-state index contributed by atoms with van der Waals surface area (Å²) in [5, 5.41) is 0. The summed E-state index contributed by atoms with van der Waals surface area (Å²) in [4.78, 5) is 25.9. The van der Waals surface area contributed by atoms with Crippen LogP contribution in [0.4, 0.5) is 0 Å². The van der Waals surface area contributed by atoms with E-state index in [1.165, 1.54) is 0 Å². The number of carbonyl (C=O) groups excluding carboxylic acids is 2. The second-order valence-corrected chi connectivity index (χ2v) is 5.39. The third-order valence-corrected chi connectivity index (χ3v) is 3.79. The third kappa shape index (κ3) is 5.00. The average molecular weight is 327 g/mol. The number of Topliss-reactive ketones (excluding diaryl/α,β-unsaturated/α-hetero) is 1. The maximum absolute atomic E-state index is 12.1. The Kier molecular flexibility index (Phi) is 7.35. The van der Waals surface area contributed by atoms with Gasteiger partial charge in [-0.25, -0.2) is 0 Å². The van der Waals surface area contributed by atoms with Crippen LogP contribution >= 0.6 is 12.4 Å². The number of nitrogens with two attached hydrogens (primary N) is 1. The second kappa shape index (κ2) is 8.76. The van der Waals surface area contributed by atoms with Crippen LogP contribution in [0, 0.1) is 0 Å². The molecule has 2 rings (SSSR count). The fraction of sp³-hybridized carbons (Fsp3) is 0.500. The number of hydrogen-bond acceptors (Lipinski definition) is 4. The van der Waals surface area contributed by atoms with Crippen molar-refractivity contribution in [2.75, 3.05) is 20.2 Å². The maximum atomic E-state index is 12.1. The lowest BCUT2D eigenvalue weighted by molar-refractivity contribution is -0.132. The van der Waals surface area contributed by atoms with Crippen molar-refractivity contribution < 1.29 is 14.3 Å². The number of methoxy groups -OCH3 is 1. The molecule has 0 radical (unpaired) electrons. The van der Waals surface area contributed by atoms with Gasteiger partial charge in [-0.2, -0.15) is 0 Å². The van der Waals surface area contributed by atoms with Crippen molar-refractivity contribution >= 4 is 24.1 Å². The van der Waals surface area contributed by atoms with Crippen molar-refractivity contribution in [2.45, 2.75) is 31.7 Å². The molecule has 1 fully saturated rings. The van der Waals surface area contributed by atoms with Gasteiger partial charge in [0.25, 0.3) is 0 Å². The molecule has 1 heterocycles. The van der Waals surface area contributed by atoms with Crippen LogP contribution in [0.25, 0.3) is 0 Å². The van der Waals surface area contributed by atoms with Crippen LogP contribution in [-0.4, -0.2) is 42.8 Å². The van der Waals surface area contributed by atoms with Crippen molar-refractivity contribution in [1.29, 1.82) is 0 Å². The molecule has 1 unspecified atom stereocenters. The van der Waals surface area contributed by atoms with E-state index in [4.69, 9.17) is 10.5 Å². The molecule has 1 aliphatic rings. The van der Waals surface area contributed by atoms with E-state index >= 15 is 0 Å². The largest absolute Gasteiger partial charge is 0.497 e. The smallest absolute Gasteiger partial charge is 0.223 e. The van der Waals surface area contributed by atoms with E-state index in [1.807, 2.05) is 0 Å². The Morgan fingerprint density at radius 1 is 1.27 bits per heavy atom. The van der Waals surface area contributed by atoms with Gasteiger partial charge in [-0.15, -0.1) is 12.4 Å². The second-order valence-electron chi connectivity index (χ2n) is 5.39. The molecule has 0 aromatic heterocycles. The van der Waals surface area contributed by atoms with E-state index < -0.39 is 0 Å². The first-order valence-electron chi connectivity index (χ1n) is 7.30. The summed E-state index contributed by atoms with van der Waals surface area (Å²) in [6.45, 7) is 1.36. The van der Waals surface area contributed by atoms with Gasteiger partial charge in [-0.3, -0.25) is 9.59 Å². The number of nitrogens with zero attached hydrogens (tertiary/aromatic N) is 1. The molecule has 122 valence electrons. The molecule has 5 nitrogen and oxygen atoms in total. The zero-order valence-corrected chi connectivity index (χ0v) is 13.6. The highest BCUT2D eigenvalue weighted by molar-refractivity contribution is 5.98. The molecule has 1 aliphatic heterocycles. The number of carbonyl (C=O) groups is 2. The number of likely N-dealkylation sites (tertiary alicyclic amines) is 1. The Morgan fingerprint density at radius 2 is 1.95 bits per heavy atom. The van der Waals surface area contributed by atoms with Crippen molar-refractivity contribution in [1.82, 2.24) is 4.90 Å². The van der Waals surface area contributed by atoms with Crippen LogP contribution in [0.15, 0.2) is 24.3 Å². The first-order chi connectivity index (χ1) is 10.1. The number of halogens is 1. The minimum Gasteiger partial charge on any atom is -0.497 e. The van der Waals surface area contributed by atoms with Crippen LogP contribution in [0.5, 0.6) is 5.75 Å². The number of piperidine rings is 1. The Hall–Kier alpha value is -1.59. The number of benzene rings is 1. The molecule has 0 aliphatic carbocycles. The lowest BCUT2D eigenvalue weighted by atomic mass is 10.0. The molecular weight excluding hydrogens is 304 g/mol. The van der Waals surface area contributed by atoms with Gasteiger partial charge in [0, 0.05) is 37.5 Å². The van der Waals surface area contributed by atoms with Gasteiger partial charge in [-0.05, 0) is 37.1 Å². The van der Waals surface area contributed by atoms with Crippen LogP contribution in [-0.2, 0) is 4.79 Å². The summed E-state index contributed by atoms with van der Waals surface area (Å²) in [6, 6.07) is 7.02. The quantitative estimate of drug-likeness (QED) is 0.840. The van der Waals surface area contributed by atoms with Crippen LogP contribution in [0.2, 0.25) is 0 Å².